The molecule has 1 atom stereocenters. The van der Waals surface area contributed by atoms with Crippen LogP contribution in [0.5, 0.6) is 11.5 Å². The molecule has 106 valence electrons. The van der Waals surface area contributed by atoms with Crippen molar-refractivity contribution in [2.45, 2.75) is 19.6 Å². The lowest BCUT2D eigenvalue weighted by Gasteiger charge is -2.09. The number of thiophene rings is 1. The average molecular weight is 310 g/mol. The van der Waals surface area contributed by atoms with E-state index in [1.54, 1.807) is 0 Å². The maximum Gasteiger partial charge on any atom is 0.128 e. The van der Waals surface area contributed by atoms with Crippen LogP contribution in [0.3, 0.4) is 0 Å². The van der Waals surface area contributed by atoms with Gasteiger partial charge in [-0.1, -0.05) is 18.5 Å². The summed E-state index contributed by atoms with van der Waals surface area (Å²) >= 11 is 7.44. The second kappa shape index (κ2) is 6.04. The minimum atomic E-state index is 0.292. The molecule has 0 bridgehead atoms. The number of ether oxygens (including phenoxy) is 2. The van der Waals surface area contributed by atoms with Crippen molar-refractivity contribution in [2.24, 2.45) is 0 Å². The van der Waals surface area contributed by atoms with Crippen LogP contribution in [0.15, 0.2) is 30.3 Å². The number of fused-ring (bicyclic) bond motifs is 1. The van der Waals surface area contributed by atoms with Crippen molar-refractivity contribution in [3.8, 4) is 11.5 Å². The van der Waals surface area contributed by atoms with Gasteiger partial charge in [-0.05, 0) is 30.8 Å². The van der Waals surface area contributed by atoms with Crippen molar-refractivity contribution in [3.05, 3.63) is 45.1 Å². The van der Waals surface area contributed by atoms with Crippen LogP contribution in [0.2, 0.25) is 4.34 Å². The molecule has 3 nitrogen and oxygen atoms in total. The zero-order valence-corrected chi connectivity index (χ0v) is 12.8. The van der Waals surface area contributed by atoms with Crippen LogP contribution in [0.25, 0.3) is 0 Å². The molecule has 2 heterocycles. The largest absolute Gasteiger partial charge is 0.491 e. The van der Waals surface area contributed by atoms with Gasteiger partial charge in [0, 0.05) is 16.5 Å². The molecule has 0 saturated carbocycles. The van der Waals surface area contributed by atoms with Gasteiger partial charge in [0.15, 0.2) is 0 Å². The zero-order chi connectivity index (χ0) is 13.9. The molecule has 1 aliphatic rings. The SMILES string of the molecule is CCNC1COc2cc(OCc3ccc(Cl)s3)ccc21. The third-order valence-corrected chi connectivity index (χ3v) is 4.43. The van der Waals surface area contributed by atoms with E-state index in [0.29, 0.717) is 19.3 Å². The van der Waals surface area contributed by atoms with E-state index in [9.17, 15) is 0 Å². The average Bonchev–Trinajstić information content (AvgIpc) is 3.04. The first-order chi connectivity index (χ1) is 9.76. The molecule has 0 aliphatic carbocycles. The van der Waals surface area contributed by atoms with E-state index in [1.165, 1.54) is 16.9 Å². The van der Waals surface area contributed by atoms with Crippen LogP contribution >= 0.6 is 22.9 Å². The molecule has 0 fully saturated rings. The molecular formula is C15H16ClNO2S. The summed E-state index contributed by atoms with van der Waals surface area (Å²) in [7, 11) is 0. The van der Waals surface area contributed by atoms with Gasteiger partial charge in [-0.25, -0.2) is 0 Å². The van der Waals surface area contributed by atoms with Gasteiger partial charge in [-0.3, -0.25) is 0 Å². The third kappa shape index (κ3) is 2.92. The summed E-state index contributed by atoms with van der Waals surface area (Å²) in [5.74, 6) is 1.74. The number of hydrogen-bond acceptors (Lipinski definition) is 4. The van der Waals surface area contributed by atoms with Crippen LogP contribution in [-0.4, -0.2) is 13.2 Å². The first kappa shape index (κ1) is 13.7. The summed E-state index contributed by atoms with van der Waals surface area (Å²) in [6.07, 6.45) is 0. The summed E-state index contributed by atoms with van der Waals surface area (Å²) in [5.41, 5.74) is 1.21. The summed E-state index contributed by atoms with van der Waals surface area (Å²) in [5, 5.41) is 3.40. The van der Waals surface area contributed by atoms with E-state index in [2.05, 4.69) is 18.3 Å². The Kier molecular flexibility index (Phi) is 4.15. The van der Waals surface area contributed by atoms with E-state index in [4.69, 9.17) is 21.1 Å². The Morgan fingerprint density at radius 1 is 1.40 bits per heavy atom. The molecule has 20 heavy (non-hydrogen) atoms. The molecule has 0 saturated heterocycles. The van der Waals surface area contributed by atoms with Gasteiger partial charge >= 0.3 is 0 Å². The Labute approximate surface area is 127 Å². The van der Waals surface area contributed by atoms with Gasteiger partial charge in [0.2, 0.25) is 0 Å². The van der Waals surface area contributed by atoms with E-state index >= 15 is 0 Å². The minimum absolute atomic E-state index is 0.292. The topological polar surface area (TPSA) is 30.5 Å². The fourth-order valence-corrected chi connectivity index (χ4v) is 3.28. The molecule has 0 radical (unpaired) electrons. The third-order valence-electron chi connectivity index (χ3n) is 3.23. The Morgan fingerprint density at radius 2 is 2.30 bits per heavy atom. The van der Waals surface area contributed by atoms with Crippen LogP contribution < -0.4 is 14.8 Å². The fourth-order valence-electron chi connectivity index (χ4n) is 2.28. The van der Waals surface area contributed by atoms with Crippen LogP contribution in [0, 0.1) is 0 Å². The molecule has 1 N–H and O–H groups in total. The van der Waals surface area contributed by atoms with Crippen LogP contribution in [0.4, 0.5) is 0 Å². The van der Waals surface area contributed by atoms with Gasteiger partial charge < -0.3 is 14.8 Å². The first-order valence-corrected chi connectivity index (χ1v) is 7.83. The number of nitrogens with one attached hydrogen (secondary N) is 1. The quantitative estimate of drug-likeness (QED) is 0.904. The lowest BCUT2D eigenvalue weighted by atomic mass is 10.1. The van der Waals surface area contributed by atoms with Crippen molar-refractivity contribution in [2.75, 3.05) is 13.2 Å². The van der Waals surface area contributed by atoms with Gasteiger partial charge in [0.25, 0.3) is 0 Å². The Bertz CT molecular complexity index is 599. The number of likely N-dealkylation sites (N-methyl/N-ethyl adjacent to an activating group) is 1. The summed E-state index contributed by atoms with van der Waals surface area (Å²) in [6.45, 7) is 4.26. The molecule has 1 aliphatic heterocycles. The smallest absolute Gasteiger partial charge is 0.128 e. The zero-order valence-electron chi connectivity index (χ0n) is 11.2. The Morgan fingerprint density at radius 3 is 3.05 bits per heavy atom. The standard InChI is InChI=1S/C15H16ClNO2S/c1-2-17-13-9-19-14-7-10(3-5-12(13)14)18-8-11-4-6-15(16)20-11/h3-7,13,17H,2,8-9H2,1H3. The van der Waals surface area contributed by atoms with Gasteiger partial charge in [-0.15, -0.1) is 11.3 Å². The lowest BCUT2D eigenvalue weighted by Crippen LogP contribution is -2.21. The maximum atomic E-state index is 5.90. The van der Waals surface area contributed by atoms with Crippen molar-refractivity contribution in [1.29, 1.82) is 0 Å². The van der Waals surface area contributed by atoms with Crippen molar-refractivity contribution < 1.29 is 9.47 Å². The number of halogens is 1. The molecule has 1 aromatic carbocycles. The summed E-state index contributed by atoms with van der Waals surface area (Å²) in [6, 6.07) is 10.2. The first-order valence-electron chi connectivity index (χ1n) is 6.63. The fraction of sp³-hybridized carbons (Fsp3) is 0.333. The molecule has 1 aromatic heterocycles. The van der Waals surface area contributed by atoms with E-state index in [0.717, 1.165) is 27.3 Å². The highest BCUT2D eigenvalue weighted by atomic mass is 35.5. The number of rotatable bonds is 5. The highest BCUT2D eigenvalue weighted by Crippen LogP contribution is 2.35. The molecule has 0 amide bonds. The molecule has 3 rings (SSSR count). The second-order valence-corrected chi connectivity index (χ2v) is 6.42. The summed E-state index contributed by atoms with van der Waals surface area (Å²) in [4.78, 5) is 1.11. The minimum Gasteiger partial charge on any atom is -0.491 e. The lowest BCUT2D eigenvalue weighted by molar-refractivity contribution is 0.299. The molecule has 1 unspecified atom stereocenters. The predicted molar refractivity (Wildman–Crippen MR) is 82.0 cm³/mol. The second-order valence-electron chi connectivity index (χ2n) is 4.62. The monoisotopic (exact) mass is 309 g/mol. The Balaban J connectivity index is 1.67. The van der Waals surface area contributed by atoms with Gasteiger partial charge in [0.05, 0.1) is 10.4 Å². The number of hydrogen-bond donors (Lipinski definition) is 1. The number of benzene rings is 1. The van der Waals surface area contributed by atoms with E-state index < -0.39 is 0 Å². The van der Waals surface area contributed by atoms with Crippen molar-refractivity contribution in [3.63, 3.8) is 0 Å². The normalized spacial score (nSPS) is 16.8. The van der Waals surface area contributed by atoms with Gasteiger partial charge in [-0.2, -0.15) is 0 Å². The highest BCUT2D eigenvalue weighted by Gasteiger charge is 2.23. The molecule has 2 aromatic rings. The predicted octanol–water partition coefficient (Wildman–Crippen LogP) is 4.02. The molecule has 0 spiro atoms. The van der Waals surface area contributed by atoms with Gasteiger partial charge in [0.1, 0.15) is 24.7 Å². The Hall–Kier alpha value is -1.23. The van der Waals surface area contributed by atoms with Crippen molar-refractivity contribution >= 4 is 22.9 Å². The van der Waals surface area contributed by atoms with Crippen molar-refractivity contribution in [1.82, 2.24) is 5.32 Å². The van der Waals surface area contributed by atoms with Crippen LogP contribution in [-0.2, 0) is 6.61 Å². The summed E-state index contributed by atoms with van der Waals surface area (Å²) < 4.78 is 12.3. The van der Waals surface area contributed by atoms with E-state index in [-0.39, 0.29) is 0 Å². The molecular weight excluding hydrogens is 294 g/mol. The highest BCUT2D eigenvalue weighted by molar-refractivity contribution is 7.16. The van der Waals surface area contributed by atoms with Crippen LogP contribution in [0.1, 0.15) is 23.4 Å². The maximum absolute atomic E-state index is 5.90. The molecule has 5 heteroatoms. The van der Waals surface area contributed by atoms with E-state index in [1.807, 2.05) is 24.3 Å².